The molecule has 20 heavy (non-hydrogen) atoms. The number of alkyl halides is 1. The van der Waals surface area contributed by atoms with Crippen molar-refractivity contribution in [1.82, 2.24) is 0 Å². The molecule has 0 saturated heterocycles. The van der Waals surface area contributed by atoms with Crippen molar-refractivity contribution >= 4 is 27.5 Å². The second-order valence-corrected chi connectivity index (χ2v) is 5.93. The van der Waals surface area contributed by atoms with E-state index in [9.17, 15) is 13.2 Å². The lowest BCUT2D eigenvalue weighted by molar-refractivity contribution is 0.569. The molecule has 106 valence electrons. The molecule has 0 aliphatic rings. The summed E-state index contributed by atoms with van der Waals surface area (Å²) in [5.74, 6) is -1.70. The van der Waals surface area contributed by atoms with Crippen molar-refractivity contribution in [2.24, 2.45) is 0 Å². The van der Waals surface area contributed by atoms with Gasteiger partial charge in [-0.3, -0.25) is 0 Å². The Labute approximate surface area is 128 Å². The summed E-state index contributed by atoms with van der Waals surface area (Å²) in [4.78, 5) is -0.575. The lowest BCUT2D eigenvalue weighted by Gasteiger charge is -2.15. The van der Waals surface area contributed by atoms with Crippen molar-refractivity contribution in [3.8, 4) is 0 Å². The van der Waals surface area contributed by atoms with Crippen LogP contribution in [0.15, 0.2) is 24.3 Å². The van der Waals surface area contributed by atoms with Crippen molar-refractivity contribution < 1.29 is 13.2 Å². The highest BCUT2D eigenvalue weighted by Gasteiger charge is 2.20. The van der Waals surface area contributed by atoms with Gasteiger partial charge >= 0.3 is 0 Å². The van der Waals surface area contributed by atoms with Crippen LogP contribution in [-0.4, -0.2) is 0 Å². The number of hydrogen-bond donors (Lipinski definition) is 0. The molecule has 0 aliphatic carbocycles. The molecule has 2 aromatic carbocycles. The molecule has 5 heteroatoms. The maximum absolute atomic E-state index is 13.9. The van der Waals surface area contributed by atoms with Crippen LogP contribution in [-0.2, 0) is 0 Å². The molecule has 0 fully saturated rings. The Morgan fingerprint density at radius 2 is 1.35 bits per heavy atom. The monoisotopic (exact) mass is 362 g/mol. The molecule has 0 radical (unpaired) electrons. The number of rotatable bonds is 2. The largest absolute Gasteiger partial charge is 0.207 e. The average molecular weight is 364 g/mol. The second-order valence-electron chi connectivity index (χ2n) is 4.61. The maximum atomic E-state index is 13.9. The summed E-state index contributed by atoms with van der Waals surface area (Å²) in [5, 5.41) is 0.191. The van der Waals surface area contributed by atoms with Gasteiger partial charge in [-0.1, -0.05) is 33.6 Å². The van der Waals surface area contributed by atoms with Crippen LogP contribution in [0.1, 0.15) is 27.1 Å². The number of benzene rings is 2. The van der Waals surface area contributed by atoms with Gasteiger partial charge in [0.25, 0.3) is 0 Å². The Bertz CT molecular complexity index is 613. The highest BCUT2D eigenvalue weighted by atomic mass is 79.9. The van der Waals surface area contributed by atoms with Gasteiger partial charge in [-0.2, -0.15) is 0 Å². The van der Waals surface area contributed by atoms with E-state index in [0.717, 1.165) is 6.07 Å². The van der Waals surface area contributed by atoms with E-state index < -0.39 is 22.3 Å². The number of aryl methyl sites for hydroxylation is 2. The third-order valence-electron chi connectivity index (χ3n) is 3.10. The standard InChI is InChI=1S/C15H11BrClF3/c1-7-3-9(11(17)5-12(7)18)15(16)10-4-8(2)13(19)6-14(10)20/h3-6,15H,1-2H3. The summed E-state index contributed by atoms with van der Waals surface area (Å²) in [5.41, 5.74) is 1.54. The molecule has 1 atom stereocenters. The zero-order chi connectivity index (χ0) is 15.0. The van der Waals surface area contributed by atoms with Crippen molar-refractivity contribution in [3.05, 3.63) is 69.0 Å². The molecular formula is C15H11BrClF3. The van der Waals surface area contributed by atoms with Crippen LogP contribution >= 0.6 is 27.5 Å². The molecule has 0 bridgehead atoms. The summed E-state index contributed by atoms with van der Waals surface area (Å²) >= 11 is 9.35. The van der Waals surface area contributed by atoms with E-state index in [1.165, 1.54) is 12.1 Å². The van der Waals surface area contributed by atoms with Crippen LogP contribution in [0.4, 0.5) is 13.2 Å². The first-order chi connectivity index (χ1) is 9.31. The van der Waals surface area contributed by atoms with E-state index in [1.807, 2.05) is 0 Å². The van der Waals surface area contributed by atoms with E-state index >= 15 is 0 Å². The molecule has 0 N–H and O–H groups in total. The predicted octanol–water partition coefficient (Wildman–Crippen LogP) is 5.86. The smallest absolute Gasteiger partial charge is 0.130 e. The summed E-state index contributed by atoms with van der Waals surface area (Å²) in [6.07, 6.45) is 0. The molecule has 0 amide bonds. The van der Waals surface area contributed by atoms with E-state index in [2.05, 4.69) is 15.9 Å². The van der Waals surface area contributed by atoms with Gasteiger partial charge in [0, 0.05) is 16.7 Å². The highest BCUT2D eigenvalue weighted by molar-refractivity contribution is 9.09. The van der Waals surface area contributed by atoms with Gasteiger partial charge in [0.15, 0.2) is 0 Å². The summed E-state index contributed by atoms with van der Waals surface area (Å²) in [6.45, 7) is 3.15. The predicted molar refractivity (Wildman–Crippen MR) is 78.0 cm³/mol. The second kappa shape index (κ2) is 5.78. The van der Waals surface area contributed by atoms with Gasteiger partial charge in [0.2, 0.25) is 0 Å². The minimum absolute atomic E-state index is 0.191. The fraction of sp³-hybridized carbons (Fsp3) is 0.200. The van der Waals surface area contributed by atoms with E-state index in [1.54, 1.807) is 19.9 Å². The fourth-order valence-electron chi connectivity index (χ4n) is 1.92. The Hall–Kier alpha value is -1.00. The minimum atomic E-state index is -0.673. The maximum Gasteiger partial charge on any atom is 0.130 e. The van der Waals surface area contributed by atoms with E-state index in [0.29, 0.717) is 16.7 Å². The van der Waals surface area contributed by atoms with Gasteiger partial charge in [-0.25, -0.2) is 13.2 Å². The molecule has 0 aromatic heterocycles. The lowest BCUT2D eigenvalue weighted by atomic mass is 10.0. The fourth-order valence-corrected chi connectivity index (χ4v) is 3.04. The molecule has 0 aliphatic heterocycles. The van der Waals surface area contributed by atoms with Gasteiger partial charge in [0.05, 0.1) is 4.83 Å². The molecule has 0 heterocycles. The lowest BCUT2D eigenvalue weighted by Crippen LogP contribution is -2.01. The van der Waals surface area contributed by atoms with Crippen LogP contribution in [0, 0.1) is 31.3 Å². The Balaban J connectivity index is 2.54. The quantitative estimate of drug-likeness (QED) is 0.586. The number of hydrogen-bond acceptors (Lipinski definition) is 0. The van der Waals surface area contributed by atoms with E-state index in [4.69, 9.17) is 11.6 Å². The third kappa shape index (κ3) is 2.86. The minimum Gasteiger partial charge on any atom is -0.207 e. The average Bonchev–Trinajstić information content (AvgIpc) is 2.37. The summed E-state index contributed by atoms with van der Waals surface area (Å²) < 4.78 is 40.6. The van der Waals surface area contributed by atoms with Crippen LogP contribution in [0.5, 0.6) is 0 Å². The van der Waals surface area contributed by atoms with Crippen LogP contribution in [0.3, 0.4) is 0 Å². The van der Waals surface area contributed by atoms with Gasteiger partial charge in [-0.15, -0.1) is 0 Å². The number of halogens is 5. The topological polar surface area (TPSA) is 0 Å². The first kappa shape index (κ1) is 15.4. The molecule has 2 rings (SSSR count). The molecule has 0 spiro atoms. The van der Waals surface area contributed by atoms with Crippen molar-refractivity contribution in [2.45, 2.75) is 18.7 Å². The SMILES string of the molecule is Cc1cc(C(Br)c2cc(C)c(F)cc2Cl)c(F)cc1F. The Morgan fingerprint density at radius 1 is 0.850 bits per heavy atom. The van der Waals surface area contributed by atoms with Crippen molar-refractivity contribution in [2.75, 3.05) is 0 Å². The summed E-state index contributed by atoms with van der Waals surface area (Å²) in [6, 6.07) is 4.99. The summed E-state index contributed by atoms with van der Waals surface area (Å²) in [7, 11) is 0. The highest BCUT2D eigenvalue weighted by Crippen LogP contribution is 2.38. The first-order valence-corrected chi connectivity index (χ1v) is 7.15. The van der Waals surface area contributed by atoms with Crippen molar-refractivity contribution in [1.29, 1.82) is 0 Å². The molecule has 0 nitrogen and oxygen atoms in total. The zero-order valence-electron chi connectivity index (χ0n) is 10.8. The molecule has 1 unspecified atom stereocenters. The normalized spacial score (nSPS) is 12.6. The Morgan fingerprint density at radius 3 is 1.95 bits per heavy atom. The molecular weight excluding hydrogens is 353 g/mol. The van der Waals surface area contributed by atoms with Crippen LogP contribution in [0.25, 0.3) is 0 Å². The Kier molecular flexibility index (Phi) is 4.45. The van der Waals surface area contributed by atoms with Gasteiger partial charge in [-0.05, 0) is 42.7 Å². The van der Waals surface area contributed by atoms with Gasteiger partial charge < -0.3 is 0 Å². The first-order valence-electron chi connectivity index (χ1n) is 5.86. The van der Waals surface area contributed by atoms with Crippen LogP contribution in [0.2, 0.25) is 5.02 Å². The third-order valence-corrected chi connectivity index (χ3v) is 4.42. The molecule has 2 aromatic rings. The van der Waals surface area contributed by atoms with Crippen LogP contribution < -0.4 is 0 Å². The zero-order valence-corrected chi connectivity index (χ0v) is 13.1. The van der Waals surface area contributed by atoms with Gasteiger partial charge in [0.1, 0.15) is 17.5 Å². The van der Waals surface area contributed by atoms with E-state index in [-0.39, 0.29) is 10.6 Å². The molecule has 0 saturated carbocycles. The van der Waals surface area contributed by atoms with Crippen molar-refractivity contribution in [3.63, 3.8) is 0 Å².